The first-order chi connectivity index (χ1) is 12.1. The van der Waals surface area contributed by atoms with E-state index in [9.17, 15) is 4.57 Å². The molecule has 2 aromatic carbocycles. The summed E-state index contributed by atoms with van der Waals surface area (Å²) in [5, 5.41) is 3.06. The van der Waals surface area contributed by atoms with Crippen molar-refractivity contribution in [2.45, 2.75) is 39.5 Å². The Labute approximate surface area is 151 Å². The number of para-hydroxylation sites is 2. The Kier molecular flexibility index (Phi) is 8.03. The molecule has 2 aromatic rings. The molecule has 0 saturated heterocycles. The van der Waals surface area contributed by atoms with E-state index in [2.05, 4.69) is 18.9 Å². The Morgan fingerprint density at radius 2 is 1.44 bits per heavy atom. The molecule has 25 heavy (non-hydrogen) atoms. The van der Waals surface area contributed by atoms with Crippen LogP contribution in [-0.2, 0) is 4.57 Å². The highest BCUT2D eigenvalue weighted by atomic mass is 31.2. The Morgan fingerprint density at radius 1 is 0.920 bits per heavy atom. The van der Waals surface area contributed by atoms with E-state index in [1.54, 1.807) is 24.3 Å². The van der Waals surface area contributed by atoms with E-state index < -0.39 is 7.75 Å². The van der Waals surface area contributed by atoms with Gasteiger partial charge in [-0.15, -0.1) is 0 Å². The monoisotopic (exact) mass is 361 g/mol. The van der Waals surface area contributed by atoms with Gasteiger partial charge in [-0.25, -0.2) is 9.65 Å². The van der Waals surface area contributed by atoms with Crippen LogP contribution >= 0.6 is 7.75 Å². The average Bonchev–Trinajstić information content (AvgIpc) is 2.63. The first kappa shape index (κ1) is 19.6. The van der Waals surface area contributed by atoms with Crippen molar-refractivity contribution in [3.05, 3.63) is 60.7 Å². The summed E-state index contributed by atoms with van der Waals surface area (Å²) in [7, 11) is -3.51. The quantitative estimate of drug-likeness (QED) is 0.494. The van der Waals surface area contributed by atoms with Crippen LogP contribution in [0.1, 0.15) is 39.5 Å². The summed E-state index contributed by atoms with van der Waals surface area (Å²) >= 11 is 0. The molecule has 1 N–H and O–H groups in total. The van der Waals surface area contributed by atoms with Gasteiger partial charge in [-0.1, -0.05) is 69.5 Å². The summed E-state index contributed by atoms with van der Waals surface area (Å²) < 4.78 is 24.7. The summed E-state index contributed by atoms with van der Waals surface area (Å²) in [5.74, 6) is 1.50. The highest BCUT2D eigenvalue weighted by Crippen LogP contribution is 2.44. The van der Waals surface area contributed by atoms with E-state index in [4.69, 9.17) is 9.05 Å². The molecule has 0 spiro atoms. The number of benzene rings is 2. The summed E-state index contributed by atoms with van der Waals surface area (Å²) in [6, 6.07) is 18.3. The minimum Gasteiger partial charge on any atom is -0.405 e. The molecule has 2 rings (SSSR count). The highest BCUT2D eigenvalue weighted by Gasteiger charge is 2.29. The van der Waals surface area contributed by atoms with Crippen molar-refractivity contribution in [3.63, 3.8) is 0 Å². The standard InChI is InChI=1S/C20H28NO3P/c1-3-5-12-18(4-2)17-21-25(22,23-19-13-8-6-9-14-19)24-20-15-10-7-11-16-20/h6-11,13-16,18H,3-5,12,17H2,1-2H3,(H,21,22). The van der Waals surface area contributed by atoms with Crippen LogP contribution < -0.4 is 14.1 Å². The van der Waals surface area contributed by atoms with Gasteiger partial charge in [-0.05, 0) is 36.6 Å². The van der Waals surface area contributed by atoms with Crippen LogP contribution in [0.3, 0.4) is 0 Å². The fourth-order valence-electron chi connectivity index (χ4n) is 2.51. The number of hydrogen-bond donors (Lipinski definition) is 1. The summed E-state index contributed by atoms with van der Waals surface area (Å²) in [5.41, 5.74) is 0. The molecule has 5 heteroatoms. The molecule has 0 fully saturated rings. The Hall–Kier alpha value is -1.77. The van der Waals surface area contributed by atoms with Gasteiger partial charge in [0.15, 0.2) is 0 Å². The maximum atomic E-state index is 13.3. The van der Waals surface area contributed by atoms with Crippen LogP contribution in [0.25, 0.3) is 0 Å². The molecule has 0 radical (unpaired) electrons. The fourth-order valence-corrected chi connectivity index (χ4v) is 3.95. The molecule has 0 amide bonds. The molecular formula is C20H28NO3P. The Balaban J connectivity index is 2.09. The van der Waals surface area contributed by atoms with Gasteiger partial charge >= 0.3 is 7.75 Å². The lowest BCUT2D eigenvalue weighted by atomic mass is 10.00. The lowest BCUT2D eigenvalue weighted by Gasteiger charge is -2.23. The molecule has 136 valence electrons. The third-order valence-electron chi connectivity index (χ3n) is 4.05. The molecule has 4 nitrogen and oxygen atoms in total. The van der Waals surface area contributed by atoms with Crippen LogP contribution in [0.2, 0.25) is 0 Å². The molecule has 0 bridgehead atoms. The van der Waals surface area contributed by atoms with Crippen molar-refractivity contribution in [3.8, 4) is 11.5 Å². The van der Waals surface area contributed by atoms with E-state index in [0.717, 1.165) is 19.3 Å². The van der Waals surface area contributed by atoms with Gasteiger partial charge in [0.2, 0.25) is 0 Å². The lowest BCUT2D eigenvalue weighted by Crippen LogP contribution is -2.25. The number of unbranched alkanes of at least 4 members (excludes halogenated alkanes) is 1. The van der Waals surface area contributed by atoms with E-state index in [1.165, 1.54) is 6.42 Å². The van der Waals surface area contributed by atoms with Crippen molar-refractivity contribution in [1.29, 1.82) is 0 Å². The second-order valence-electron chi connectivity index (χ2n) is 6.08. The van der Waals surface area contributed by atoms with Crippen molar-refractivity contribution >= 4 is 7.75 Å². The molecule has 0 aliphatic rings. The maximum Gasteiger partial charge on any atom is 0.512 e. The molecule has 0 saturated carbocycles. The highest BCUT2D eigenvalue weighted by molar-refractivity contribution is 7.52. The average molecular weight is 361 g/mol. The molecule has 0 heterocycles. The van der Waals surface area contributed by atoms with E-state index in [0.29, 0.717) is 24.0 Å². The van der Waals surface area contributed by atoms with Gasteiger partial charge in [0, 0.05) is 6.54 Å². The van der Waals surface area contributed by atoms with Crippen molar-refractivity contribution in [2.75, 3.05) is 6.54 Å². The van der Waals surface area contributed by atoms with Crippen LogP contribution in [0.15, 0.2) is 60.7 Å². The normalized spacial score (nSPS) is 12.6. The Bertz CT molecular complexity index is 603. The SMILES string of the molecule is CCCCC(CC)CNP(=O)(Oc1ccccc1)Oc1ccccc1. The second kappa shape index (κ2) is 10.3. The molecule has 0 aromatic heterocycles. The largest absolute Gasteiger partial charge is 0.512 e. The zero-order chi connectivity index (χ0) is 18.0. The van der Waals surface area contributed by atoms with Gasteiger partial charge in [-0.3, -0.25) is 0 Å². The van der Waals surface area contributed by atoms with E-state index in [1.807, 2.05) is 36.4 Å². The topological polar surface area (TPSA) is 47.6 Å². The summed E-state index contributed by atoms with van der Waals surface area (Å²) in [6.07, 6.45) is 4.47. The van der Waals surface area contributed by atoms with Gasteiger partial charge in [0.25, 0.3) is 0 Å². The third-order valence-corrected chi connectivity index (χ3v) is 5.53. The predicted molar refractivity (Wildman–Crippen MR) is 103 cm³/mol. The smallest absolute Gasteiger partial charge is 0.405 e. The molecule has 1 unspecified atom stereocenters. The minimum atomic E-state index is -3.51. The van der Waals surface area contributed by atoms with Crippen LogP contribution in [0.5, 0.6) is 11.5 Å². The molecule has 1 atom stereocenters. The second-order valence-corrected chi connectivity index (χ2v) is 7.76. The summed E-state index contributed by atoms with van der Waals surface area (Å²) in [4.78, 5) is 0. The fraction of sp³-hybridized carbons (Fsp3) is 0.400. The summed E-state index contributed by atoms with van der Waals surface area (Å²) in [6.45, 7) is 4.94. The van der Waals surface area contributed by atoms with Crippen LogP contribution in [0.4, 0.5) is 0 Å². The van der Waals surface area contributed by atoms with Crippen LogP contribution in [0, 0.1) is 5.92 Å². The predicted octanol–water partition coefficient (Wildman–Crippen LogP) is 6.06. The van der Waals surface area contributed by atoms with E-state index in [-0.39, 0.29) is 0 Å². The van der Waals surface area contributed by atoms with Crippen LogP contribution in [-0.4, -0.2) is 6.54 Å². The van der Waals surface area contributed by atoms with Crippen molar-refractivity contribution in [1.82, 2.24) is 5.09 Å². The van der Waals surface area contributed by atoms with Gasteiger partial charge in [0.05, 0.1) is 0 Å². The number of hydrogen-bond acceptors (Lipinski definition) is 3. The zero-order valence-corrected chi connectivity index (χ0v) is 16.0. The third kappa shape index (κ3) is 6.93. The zero-order valence-electron chi connectivity index (χ0n) is 15.1. The van der Waals surface area contributed by atoms with Crippen molar-refractivity contribution < 1.29 is 13.6 Å². The molecule has 0 aliphatic heterocycles. The lowest BCUT2D eigenvalue weighted by molar-refractivity contribution is 0.356. The van der Waals surface area contributed by atoms with E-state index >= 15 is 0 Å². The minimum absolute atomic E-state index is 0.451. The Morgan fingerprint density at radius 3 is 1.88 bits per heavy atom. The maximum absolute atomic E-state index is 13.3. The first-order valence-corrected chi connectivity index (χ1v) is 10.5. The van der Waals surface area contributed by atoms with Crippen molar-refractivity contribution in [2.24, 2.45) is 5.92 Å². The van der Waals surface area contributed by atoms with Gasteiger partial charge in [-0.2, -0.15) is 0 Å². The number of nitrogens with one attached hydrogen (secondary N) is 1. The molecular weight excluding hydrogens is 333 g/mol. The molecule has 0 aliphatic carbocycles. The van der Waals surface area contributed by atoms with Gasteiger partial charge in [0.1, 0.15) is 11.5 Å². The first-order valence-electron chi connectivity index (χ1n) is 8.99. The number of rotatable bonds is 11. The van der Waals surface area contributed by atoms with Gasteiger partial charge < -0.3 is 9.05 Å².